The normalized spacial score (nSPS) is 18.1. The lowest BCUT2D eigenvalue weighted by Crippen LogP contribution is -2.31. The molecule has 172 valence electrons. The highest BCUT2D eigenvalue weighted by Crippen LogP contribution is 2.43. The van der Waals surface area contributed by atoms with Gasteiger partial charge in [0.15, 0.2) is 0 Å². The van der Waals surface area contributed by atoms with Crippen LogP contribution >= 0.6 is 23.2 Å². The van der Waals surface area contributed by atoms with E-state index in [4.69, 9.17) is 37.1 Å². The molecule has 1 fully saturated rings. The van der Waals surface area contributed by atoms with Crippen molar-refractivity contribution in [3.05, 3.63) is 57.0 Å². The fraction of sp³-hybridized carbons (Fsp3) is 0.391. The van der Waals surface area contributed by atoms with Crippen LogP contribution < -0.4 is 4.74 Å². The van der Waals surface area contributed by atoms with E-state index in [1.54, 1.807) is 19.1 Å². The van der Waals surface area contributed by atoms with Crippen LogP contribution in [0.2, 0.25) is 10.0 Å². The van der Waals surface area contributed by atoms with Gasteiger partial charge in [0.2, 0.25) is 0 Å². The van der Waals surface area contributed by atoms with Gasteiger partial charge in [-0.25, -0.2) is 0 Å². The average molecular weight is 482 g/mol. The van der Waals surface area contributed by atoms with E-state index >= 15 is 0 Å². The number of ether oxygens (including phenoxy) is 2. The van der Waals surface area contributed by atoms with Crippen LogP contribution in [0.1, 0.15) is 43.4 Å². The first-order valence-corrected chi connectivity index (χ1v) is 10.9. The molecule has 1 unspecified atom stereocenters. The molecule has 3 rings (SSSR count). The minimum Gasteiger partial charge on any atom is -0.507 e. The molecule has 1 aliphatic heterocycles. The molecule has 9 heteroatoms. The van der Waals surface area contributed by atoms with Crippen molar-refractivity contribution < 1.29 is 28.6 Å². The second-order valence-corrected chi connectivity index (χ2v) is 8.53. The van der Waals surface area contributed by atoms with Gasteiger partial charge in [-0.3, -0.25) is 9.59 Å². The molecule has 1 aromatic heterocycles. The van der Waals surface area contributed by atoms with E-state index in [2.05, 4.69) is 0 Å². The molecule has 1 amide bonds. The summed E-state index contributed by atoms with van der Waals surface area (Å²) in [5.41, 5.74) is -0.00909. The van der Waals surface area contributed by atoms with Crippen molar-refractivity contribution in [2.24, 2.45) is 0 Å². The van der Waals surface area contributed by atoms with Crippen LogP contribution in [0.5, 0.6) is 5.75 Å². The predicted octanol–water partition coefficient (Wildman–Crippen LogP) is 5.14. The van der Waals surface area contributed by atoms with Crippen molar-refractivity contribution in [1.29, 1.82) is 0 Å². The van der Waals surface area contributed by atoms with Crippen molar-refractivity contribution in [3.8, 4) is 5.75 Å². The first-order chi connectivity index (χ1) is 15.1. The minimum absolute atomic E-state index is 0.0500. The number of carbonyl (C=O) groups excluding carboxylic acids is 2. The number of aliphatic hydroxyl groups excluding tert-OH is 1. The van der Waals surface area contributed by atoms with Crippen LogP contribution in [-0.4, -0.2) is 48.1 Å². The zero-order chi connectivity index (χ0) is 23.6. The highest BCUT2D eigenvalue weighted by molar-refractivity contribution is 6.46. The second-order valence-electron chi connectivity index (χ2n) is 7.68. The molecule has 0 radical (unpaired) electrons. The number of likely N-dealkylation sites (tertiary alicyclic amines) is 1. The van der Waals surface area contributed by atoms with Crippen molar-refractivity contribution in [3.63, 3.8) is 0 Å². The summed E-state index contributed by atoms with van der Waals surface area (Å²) in [6.07, 6.45) is 0.558. The molecular weight excluding hydrogens is 457 g/mol. The smallest absolute Gasteiger partial charge is 0.295 e. The summed E-state index contributed by atoms with van der Waals surface area (Å²) in [5, 5.41) is 11.6. The number of halogens is 2. The molecule has 0 saturated carbocycles. The molecule has 2 aromatic rings. The molecule has 1 aliphatic rings. The van der Waals surface area contributed by atoms with Gasteiger partial charge in [0, 0.05) is 18.2 Å². The quantitative estimate of drug-likeness (QED) is 0.243. The molecule has 0 aliphatic carbocycles. The third-order valence-corrected chi connectivity index (χ3v) is 5.53. The Morgan fingerprint density at radius 2 is 1.97 bits per heavy atom. The van der Waals surface area contributed by atoms with Gasteiger partial charge in [0.1, 0.15) is 29.1 Å². The summed E-state index contributed by atoms with van der Waals surface area (Å²) in [5.74, 6) is -0.895. The number of hydrogen-bond donors (Lipinski definition) is 1. The zero-order valence-corrected chi connectivity index (χ0v) is 19.8. The van der Waals surface area contributed by atoms with Crippen LogP contribution in [0.15, 0.2) is 34.3 Å². The lowest BCUT2D eigenvalue weighted by atomic mass is 9.98. The van der Waals surface area contributed by atoms with Crippen molar-refractivity contribution >= 4 is 40.7 Å². The number of nitrogens with zero attached hydrogens (tertiary/aromatic N) is 1. The maximum atomic E-state index is 13.0. The van der Waals surface area contributed by atoms with E-state index in [-0.39, 0.29) is 39.6 Å². The standard InChI is InChI=1S/C23H25Cl2NO6/c1-12(2)31-9-5-8-26-19(17-7-6-13(3)32-17)18(21(28)23(26)29)20(27)15-10-14(24)11-16(25)22(15)30-4/h6-7,10-12,19,27H,5,8-9H2,1-4H3/b20-18+. The van der Waals surface area contributed by atoms with E-state index in [9.17, 15) is 14.7 Å². The maximum Gasteiger partial charge on any atom is 0.295 e. The summed E-state index contributed by atoms with van der Waals surface area (Å²) in [7, 11) is 1.38. The van der Waals surface area contributed by atoms with Gasteiger partial charge in [-0.1, -0.05) is 23.2 Å². The summed E-state index contributed by atoms with van der Waals surface area (Å²) in [4.78, 5) is 27.3. The Labute approximate surface area is 196 Å². The van der Waals surface area contributed by atoms with Crippen LogP contribution in [-0.2, 0) is 14.3 Å². The molecule has 32 heavy (non-hydrogen) atoms. The number of benzene rings is 1. The summed E-state index contributed by atoms with van der Waals surface area (Å²) in [6, 6.07) is 5.38. The van der Waals surface area contributed by atoms with E-state index in [1.165, 1.54) is 24.1 Å². The molecule has 7 nitrogen and oxygen atoms in total. The first kappa shape index (κ1) is 24.2. The molecule has 1 atom stereocenters. The topological polar surface area (TPSA) is 89.2 Å². The van der Waals surface area contributed by atoms with Crippen LogP contribution in [0.25, 0.3) is 5.76 Å². The largest absolute Gasteiger partial charge is 0.507 e. The van der Waals surface area contributed by atoms with E-state index in [0.717, 1.165) is 0 Å². The monoisotopic (exact) mass is 481 g/mol. The van der Waals surface area contributed by atoms with Crippen molar-refractivity contribution in [2.75, 3.05) is 20.3 Å². The number of furan rings is 1. The first-order valence-electron chi connectivity index (χ1n) is 10.2. The lowest BCUT2D eigenvalue weighted by molar-refractivity contribution is -0.140. The molecule has 0 bridgehead atoms. The number of aliphatic hydroxyl groups is 1. The third-order valence-electron chi connectivity index (χ3n) is 5.03. The van der Waals surface area contributed by atoms with Crippen molar-refractivity contribution in [1.82, 2.24) is 4.90 Å². The van der Waals surface area contributed by atoms with Gasteiger partial charge in [-0.15, -0.1) is 0 Å². The summed E-state index contributed by atoms with van der Waals surface area (Å²) >= 11 is 12.3. The molecule has 1 saturated heterocycles. The van der Waals surface area contributed by atoms with Gasteiger partial charge in [0.25, 0.3) is 11.7 Å². The number of carbonyl (C=O) groups is 2. The number of hydrogen-bond acceptors (Lipinski definition) is 6. The van der Waals surface area contributed by atoms with E-state index in [0.29, 0.717) is 24.5 Å². The number of Topliss-reactive ketones (excluding diaryl/α,β-unsaturated/α-hetero) is 1. The lowest BCUT2D eigenvalue weighted by Gasteiger charge is -2.23. The molecular formula is C23H25Cl2NO6. The SMILES string of the molecule is COc1c(Cl)cc(Cl)cc1/C(O)=C1\C(=O)C(=O)N(CCCOC(C)C)C1c1ccc(C)o1. The Hall–Kier alpha value is -2.48. The average Bonchev–Trinajstić information content (AvgIpc) is 3.25. The Morgan fingerprint density at radius 1 is 1.25 bits per heavy atom. The number of amides is 1. The fourth-order valence-electron chi connectivity index (χ4n) is 3.65. The van der Waals surface area contributed by atoms with E-state index in [1.807, 2.05) is 13.8 Å². The van der Waals surface area contributed by atoms with Gasteiger partial charge >= 0.3 is 0 Å². The third kappa shape index (κ3) is 4.80. The second kappa shape index (κ2) is 9.98. The molecule has 0 spiro atoms. The zero-order valence-electron chi connectivity index (χ0n) is 18.3. The summed E-state index contributed by atoms with van der Waals surface area (Å²) < 4.78 is 16.6. The molecule has 1 N–H and O–H groups in total. The minimum atomic E-state index is -0.912. The number of methoxy groups -OCH3 is 1. The Balaban J connectivity index is 2.11. The van der Waals surface area contributed by atoms with Gasteiger partial charge < -0.3 is 23.9 Å². The fourth-order valence-corrected chi connectivity index (χ4v) is 4.22. The molecule has 1 aromatic carbocycles. The van der Waals surface area contributed by atoms with E-state index < -0.39 is 23.5 Å². The number of aryl methyl sites for hydroxylation is 1. The Kier molecular flexibility index (Phi) is 7.54. The highest BCUT2D eigenvalue weighted by atomic mass is 35.5. The predicted molar refractivity (Wildman–Crippen MR) is 121 cm³/mol. The van der Waals surface area contributed by atoms with Gasteiger partial charge in [-0.05, 0) is 51.5 Å². The number of rotatable bonds is 8. The van der Waals surface area contributed by atoms with Gasteiger partial charge in [0.05, 0.1) is 29.4 Å². The molecule has 2 heterocycles. The Bertz CT molecular complexity index is 1060. The highest BCUT2D eigenvalue weighted by Gasteiger charge is 2.47. The van der Waals surface area contributed by atoms with Crippen LogP contribution in [0.3, 0.4) is 0 Å². The van der Waals surface area contributed by atoms with Crippen LogP contribution in [0, 0.1) is 6.92 Å². The Morgan fingerprint density at radius 3 is 2.56 bits per heavy atom. The number of ketones is 1. The van der Waals surface area contributed by atoms with Crippen molar-refractivity contribution in [2.45, 2.75) is 39.3 Å². The van der Waals surface area contributed by atoms with Crippen LogP contribution in [0.4, 0.5) is 0 Å². The maximum absolute atomic E-state index is 13.0. The summed E-state index contributed by atoms with van der Waals surface area (Å²) in [6.45, 7) is 6.25. The van der Waals surface area contributed by atoms with Gasteiger partial charge in [-0.2, -0.15) is 0 Å².